The highest BCUT2D eigenvalue weighted by Gasteiger charge is 2.18. The van der Waals surface area contributed by atoms with Crippen LogP contribution in [0.15, 0.2) is 42.5 Å². The number of hydrogen-bond acceptors (Lipinski definition) is 4. The van der Waals surface area contributed by atoms with Gasteiger partial charge in [0.05, 0.1) is 20.8 Å². The molecule has 0 saturated carbocycles. The van der Waals surface area contributed by atoms with Crippen LogP contribution in [0, 0.1) is 0 Å². The van der Waals surface area contributed by atoms with Crippen molar-refractivity contribution in [3.8, 4) is 11.5 Å². The number of ether oxygens (including phenoxy) is 2. The van der Waals surface area contributed by atoms with Gasteiger partial charge < -0.3 is 20.1 Å². The van der Waals surface area contributed by atoms with E-state index in [9.17, 15) is 9.59 Å². The standard InChI is InChI=1S/C18H19ClN2O4/c1-24-14-8-5-9-15(25-2)17(14)18(23)21-11-16(22)20-10-12-6-3-4-7-13(12)19/h3-9H,10-11H2,1-2H3,(H,20,22)(H,21,23). The van der Waals surface area contributed by atoms with E-state index in [1.165, 1.54) is 14.2 Å². The summed E-state index contributed by atoms with van der Waals surface area (Å²) >= 11 is 6.03. The van der Waals surface area contributed by atoms with E-state index in [4.69, 9.17) is 21.1 Å². The molecule has 0 heterocycles. The number of rotatable bonds is 7. The molecule has 0 aromatic heterocycles. The van der Waals surface area contributed by atoms with Crippen LogP contribution in [0.4, 0.5) is 0 Å². The molecule has 0 aliphatic heterocycles. The van der Waals surface area contributed by atoms with Gasteiger partial charge in [0.1, 0.15) is 17.1 Å². The Balaban J connectivity index is 1.94. The van der Waals surface area contributed by atoms with Gasteiger partial charge in [-0.05, 0) is 23.8 Å². The summed E-state index contributed by atoms with van der Waals surface area (Å²) in [6.07, 6.45) is 0. The van der Waals surface area contributed by atoms with E-state index < -0.39 is 5.91 Å². The zero-order valence-corrected chi connectivity index (χ0v) is 14.7. The van der Waals surface area contributed by atoms with Crippen molar-refractivity contribution >= 4 is 23.4 Å². The number of methoxy groups -OCH3 is 2. The number of carbonyl (C=O) groups excluding carboxylic acids is 2. The molecule has 0 saturated heterocycles. The highest BCUT2D eigenvalue weighted by Crippen LogP contribution is 2.27. The van der Waals surface area contributed by atoms with Crippen LogP contribution in [-0.2, 0) is 11.3 Å². The molecule has 2 aromatic rings. The number of halogens is 1. The van der Waals surface area contributed by atoms with Crippen molar-refractivity contribution < 1.29 is 19.1 Å². The van der Waals surface area contributed by atoms with Gasteiger partial charge in [0.2, 0.25) is 5.91 Å². The third kappa shape index (κ3) is 4.87. The molecule has 0 radical (unpaired) electrons. The average molecular weight is 363 g/mol. The highest BCUT2D eigenvalue weighted by molar-refractivity contribution is 6.31. The fourth-order valence-corrected chi connectivity index (χ4v) is 2.42. The Labute approximate surface area is 151 Å². The molecule has 2 rings (SSSR count). The Bertz CT molecular complexity index is 742. The normalized spacial score (nSPS) is 10.0. The van der Waals surface area contributed by atoms with E-state index in [0.717, 1.165) is 5.56 Å². The minimum Gasteiger partial charge on any atom is -0.496 e. The Hall–Kier alpha value is -2.73. The molecule has 0 fully saturated rings. The van der Waals surface area contributed by atoms with Crippen molar-refractivity contribution in [2.45, 2.75) is 6.54 Å². The third-order valence-corrected chi connectivity index (χ3v) is 3.87. The fraction of sp³-hybridized carbons (Fsp3) is 0.222. The average Bonchev–Trinajstić information content (AvgIpc) is 2.64. The number of hydrogen-bond donors (Lipinski definition) is 2. The molecular weight excluding hydrogens is 344 g/mol. The van der Waals surface area contributed by atoms with Crippen molar-refractivity contribution in [2.75, 3.05) is 20.8 Å². The quantitative estimate of drug-likeness (QED) is 0.793. The summed E-state index contributed by atoms with van der Waals surface area (Å²) in [4.78, 5) is 24.3. The Kier molecular flexibility index (Phi) is 6.65. The summed E-state index contributed by atoms with van der Waals surface area (Å²) < 4.78 is 10.4. The van der Waals surface area contributed by atoms with Crippen LogP contribution >= 0.6 is 11.6 Å². The van der Waals surface area contributed by atoms with Gasteiger partial charge in [-0.2, -0.15) is 0 Å². The van der Waals surface area contributed by atoms with Gasteiger partial charge in [-0.1, -0.05) is 35.9 Å². The second kappa shape index (κ2) is 8.94. The largest absolute Gasteiger partial charge is 0.496 e. The maximum Gasteiger partial charge on any atom is 0.259 e. The lowest BCUT2D eigenvalue weighted by molar-refractivity contribution is -0.120. The third-order valence-electron chi connectivity index (χ3n) is 3.50. The molecular formula is C18H19ClN2O4. The molecule has 2 amide bonds. The lowest BCUT2D eigenvalue weighted by Crippen LogP contribution is -2.36. The fourth-order valence-electron chi connectivity index (χ4n) is 2.22. The van der Waals surface area contributed by atoms with Gasteiger partial charge in [0.25, 0.3) is 5.91 Å². The lowest BCUT2D eigenvalue weighted by atomic mass is 10.1. The first kappa shape index (κ1) is 18.6. The summed E-state index contributed by atoms with van der Waals surface area (Å²) in [5, 5.41) is 5.83. The molecule has 0 aliphatic carbocycles. The zero-order valence-electron chi connectivity index (χ0n) is 14.0. The molecule has 0 atom stereocenters. The summed E-state index contributed by atoms with van der Waals surface area (Å²) in [6.45, 7) is 0.108. The molecule has 132 valence electrons. The van der Waals surface area contributed by atoms with Gasteiger partial charge in [-0.15, -0.1) is 0 Å². The van der Waals surface area contributed by atoms with Crippen molar-refractivity contribution in [1.82, 2.24) is 10.6 Å². The first-order valence-electron chi connectivity index (χ1n) is 7.56. The molecule has 2 N–H and O–H groups in total. The van der Waals surface area contributed by atoms with Crippen LogP contribution < -0.4 is 20.1 Å². The monoisotopic (exact) mass is 362 g/mol. The van der Waals surface area contributed by atoms with Gasteiger partial charge in [-0.3, -0.25) is 9.59 Å². The SMILES string of the molecule is COc1cccc(OC)c1C(=O)NCC(=O)NCc1ccccc1Cl. The summed E-state index contributed by atoms with van der Waals surface area (Å²) in [5.74, 6) is -0.0500. The summed E-state index contributed by atoms with van der Waals surface area (Å²) in [6, 6.07) is 12.2. The van der Waals surface area contributed by atoms with Crippen LogP contribution in [0.1, 0.15) is 15.9 Å². The molecule has 0 unspecified atom stereocenters. The number of benzene rings is 2. The first-order chi connectivity index (χ1) is 12.1. The van der Waals surface area contributed by atoms with Crippen LogP contribution in [0.2, 0.25) is 5.02 Å². The van der Waals surface area contributed by atoms with E-state index in [0.29, 0.717) is 16.5 Å². The van der Waals surface area contributed by atoms with Crippen molar-refractivity contribution in [3.63, 3.8) is 0 Å². The predicted molar refractivity (Wildman–Crippen MR) is 95.2 cm³/mol. The van der Waals surface area contributed by atoms with Gasteiger partial charge in [0.15, 0.2) is 0 Å². The predicted octanol–water partition coefficient (Wildman–Crippen LogP) is 2.40. The van der Waals surface area contributed by atoms with Crippen molar-refractivity contribution in [3.05, 3.63) is 58.6 Å². The summed E-state index contributed by atoms with van der Waals surface area (Å²) in [5.41, 5.74) is 1.04. The van der Waals surface area contributed by atoms with Gasteiger partial charge in [0, 0.05) is 11.6 Å². The molecule has 7 heteroatoms. The van der Waals surface area contributed by atoms with E-state index in [1.807, 2.05) is 18.2 Å². The van der Waals surface area contributed by atoms with Crippen LogP contribution in [0.3, 0.4) is 0 Å². The number of carbonyl (C=O) groups is 2. The molecule has 0 bridgehead atoms. The van der Waals surface area contributed by atoms with E-state index >= 15 is 0 Å². The second-order valence-electron chi connectivity index (χ2n) is 5.09. The topological polar surface area (TPSA) is 76.7 Å². The minimum atomic E-state index is -0.456. The highest BCUT2D eigenvalue weighted by atomic mass is 35.5. The van der Waals surface area contributed by atoms with Gasteiger partial charge >= 0.3 is 0 Å². The molecule has 0 spiro atoms. The van der Waals surface area contributed by atoms with E-state index in [-0.39, 0.29) is 24.6 Å². The van der Waals surface area contributed by atoms with E-state index in [2.05, 4.69) is 10.6 Å². The maximum absolute atomic E-state index is 12.4. The Morgan fingerprint density at radius 2 is 1.60 bits per heavy atom. The zero-order chi connectivity index (χ0) is 18.2. The Morgan fingerprint density at radius 1 is 0.960 bits per heavy atom. The van der Waals surface area contributed by atoms with Crippen molar-refractivity contribution in [2.24, 2.45) is 0 Å². The van der Waals surface area contributed by atoms with Crippen LogP contribution in [0.25, 0.3) is 0 Å². The van der Waals surface area contributed by atoms with E-state index in [1.54, 1.807) is 24.3 Å². The molecule has 25 heavy (non-hydrogen) atoms. The van der Waals surface area contributed by atoms with Crippen molar-refractivity contribution in [1.29, 1.82) is 0 Å². The summed E-state index contributed by atoms with van der Waals surface area (Å²) in [7, 11) is 2.92. The second-order valence-corrected chi connectivity index (χ2v) is 5.50. The maximum atomic E-state index is 12.4. The Morgan fingerprint density at radius 3 is 2.20 bits per heavy atom. The molecule has 2 aromatic carbocycles. The smallest absolute Gasteiger partial charge is 0.259 e. The van der Waals surface area contributed by atoms with Crippen LogP contribution in [-0.4, -0.2) is 32.6 Å². The minimum absolute atomic E-state index is 0.176. The molecule has 0 aliphatic rings. The lowest BCUT2D eigenvalue weighted by Gasteiger charge is -2.13. The number of amides is 2. The van der Waals surface area contributed by atoms with Crippen LogP contribution in [0.5, 0.6) is 11.5 Å². The number of nitrogens with one attached hydrogen (secondary N) is 2. The van der Waals surface area contributed by atoms with Gasteiger partial charge in [-0.25, -0.2) is 0 Å². The first-order valence-corrected chi connectivity index (χ1v) is 7.94. The molecule has 6 nitrogen and oxygen atoms in total.